The molecule has 0 bridgehead atoms. The maximum atomic E-state index is 11.9. The molecular formula is C21H32N4O2. The Morgan fingerprint density at radius 1 is 1.26 bits per heavy atom. The number of pyridine rings is 1. The van der Waals surface area contributed by atoms with E-state index in [0.717, 1.165) is 38.3 Å². The fraction of sp³-hybridized carbons (Fsp3) is 0.714. The average Bonchev–Trinajstić information content (AvgIpc) is 2.71. The highest BCUT2D eigenvalue weighted by atomic mass is 16.6. The summed E-state index contributed by atoms with van der Waals surface area (Å²) in [5, 5.41) is 3.47. The number of carbonyl (C=O) groups excluding carboxylic acids is 1. The van der Waals surface area contributed by atoms with Gasteiger partial charge >= 0.3 is 6.09 Å². The van der Waals surface area contributed by atoms with Crippen LogP contribution >= 0.6 is 0 Å². The summed E-state index contributed by atoms with van der Waals surface area (Å²) in [6.07, 6.45) is 7.62. The van der Waals surface area contributed by atoms with Crippen molar-refractivity contribution in [3.05, 3.63) is 23.9 Å². The van der Waals surface area contributed by atoms with E-state index in [1.807, 2.05) is 18.0 Å². The Morgan fingerprint density at radius 3 is 2.78 bits per heavy atom. The molecule has 2 fully saturated rings. The van der Waals surface area contributed by atoms with E-state index in [9.17, 15) is 4.79 Å². The number of likely N-dealkylation sites (tertiary alicyclic amines) is 2. The van der Waals surface area contributed by atoms with Gasteiger partial charge in [-0.3, -0.25) is 0 Å². The minimum Gasteiger partial charge on any atom is -0.450 e. The van der Waals surface area contributed by atoms with Gasteiger partial charge < -0.3 is 19.9 Å². The third kappa shape index (κ3) is 3.91. The van der Waals surface area contributed by atoms with E-state index in [4.69, 9.17) is 4.74 Å². The molecule has 1 amide bonds. The van der Waals surface area contributed by atoms with Crippen LogP contribution in [-0.2, 0) is 10.2 Å². The summed E-state index contributed by atoms with van der Waals surface area (Å²) in [4.78, 5) is 20.9. The zero-order valence-electron chi connectivity index (χ0n) is 16.5. The van der Waals surface area contributed by atoms with Gasteiger partial charge in [0.1, 0.15) is 5.82 Å². The molecule has 4 rings (SSSR count). The lowest BCUT2D eigenvalue weighted by Crippen LogP contribution is -2.48. The van der Waals surface area contributed by atoms with Crippen LogP contribution in [-0.4, -0.2) is 66.8 Å². The second kappa shape index (κ2) is 8.05. The third-order valence-electron chi connectivity index (χ3n) is 6.75. The molecule has 2 saturated heterocycles. The molecule has 6 nitrogen and oxygen atoms in total. The van der Waals surface area contributed by atoms with Gasteiger partial charge in [0, 0.05) is 43.4 Å². The molecular weight excluding hydrogens is 340 g/mol. The summed E-state index contributed by atoms with van der Waals surface area (Å²) in [5.74, 6) is 1.80. The van der Waals surface area contributed by atoms with E-state index in [0.29, 0.717) is 17.9 Å². The Morgan fingerprint density at radius 2 is 2.04 bits per heavy atom. The molecule has 3 aliphatic rings. The average molecular weight is 373 g/mol. The molecule has 0 saturated carbocycles. The molecule has 1 N–H and O–H groups in total. The molecule has 0 atom stereocenters. The van der Waals surface area contributed by atoms with Gasteiger partial charge in [-0.05, 0) is 64.1 Å². The predicted molar refractivity (Wildman–Crippen MR) is 106 cm³/mol. The molecule has 0 unspecified atom stereocenters. The van der Waals surface area contributed by atoms with Crippen molar-refractivity contribution in [2.75, 3.05) is 51.2 Å². The second-order valence-corrected chi connectivity index (χ2v) is 8.29. The lowest BCUT2D eigenvalue weighted by atomic mass is 9.69. The van der Waals surface area contributed by atoms with Crippen LogP contribution in [0.3, 0.4) is 0 Å². The maximum absolute atomic E-state index is 11.9. The summed E-state index contributed by atoms with van der Waals surface area (Å²) in [6, 6.07) is 4.35. The number of piperidine rings is 2. The number of rotatable bonds is 3. The highest BCUT2D eigenvalue weighted by molar-refractivity contribution is 5.67. The van der Waals surface area contributed by atoms with Crippen molar-refractivity contribution >= 4 is 11.9 Å². The number of nitrogens with one attached hydrogen (secondary N) is 1. The van der Waals surface area contributed by atoms with Crippen molar-refractivity contribution in [2.45, 2.75) is 44.4 Å². The molecule has 3 aliphatic heterocycles. The number of aromatic nitrogens is 1. The highest BCUT2D eigenvalue weighted by Gasteiger charge is 2.40. The van der Waals surface area contributed by atoms with Gasteiger partial charge in [0.05, 0.1) is 6.61 Å². The van der Waals surface area contributed by atoms with Crippen molar-refractivity contribution < 1.29 is 9.53 Å². The highest BCUT2D eigenvalue weighted by Crippen LogP contribution is 2.43. The van der Waals surface area contributed by atoms with Gasteiger partial charge in [0.25, 0.3) is 0 Å². The lowest BCUT2D eigenvalue weighted by Gasteiger charge is -2.46. The first-order valence-electron chi connectivity index (χ1n) is 10.5. The normalized spacial score (nSPS) is 22.9. The molecule has 27 heavy (non-hydrogen) atoms. The van der Waals surface area contributed by atoms with Crippen molar-refractivity contribution in [1.82, 2.24) is 14.8 Å². The molecule has 0 aromatic carbocycles. The number of fused-ring (bicyclic) bond motifs is 2. The molecule has 1 aromatic rings. The third-order valence-corrected chi connectivity index (χ3v) is 6.75. The minimum atomic E-state index is -0.144. The predicted octanol–water partition coefficient (Wildman–Crippen LogP) is 3.10. The number of anilines is 1. The van der Waals surface area contributed by atoms with E-state index < -0.39 is 0 Å². The van der Waals surface area contributed by atoms with Gasteiger partial charge in [-0.1, -0.05) is 6.07 Å². The van der Waals surface area contributed by atoms with Crippen molar-refractivity contribution in [3.63, 3.8) is 0 Å². The number of ether oxygens (including phenoxy) is 1. The number of amides is 1. The Bertz CT molecular complexity index is 649. The Hall–Kier alpha value is -1.82. The van der Waals surface area contributed by atoms with Crippen LogP contribution in [0.1, 0.15) is 44.6 Å². The summed E-state index contributed by atoms with van der Waals surface area (Å²) in [7, 11) is 0. The fourth-order valence-corrected chi connectivity index (χ4v) is 5.09. The second-order valence-electron chi connectivity index (χ2n) is 8.29. The molecule has 1 aromatic heterocycles. The topological polar surface area (TPSA) is 57.7 Å². The summed E-state index contributed by atoms with van der Waals surface area (Å²) in [6.45, 7) is 8.56. The smallest absolute Gasteiger partial charge is 0.409 e. The fourth-order valence-electron chi connectivity index (χ4n) is 5.09. The molecule has 6 heteroatoms. The zero-order valence-corrected chi connectivity index (χ0v) is 16.5. The van der Waals surface area contributed by atoms with Crippen LogP contribution in [0.25, 0.3) is 0 Å². The van der Waals surface area contributed by atoms with Crippen LogP contribution < -0.4 is 5.32 Å². The van der Waals surface area contributed by atoms with E-state index >= 15 is 0 Å². The van der Waals surface area contributed by atoms with Crippen molar-refractivity contribution in [1.29, 1.82) is 0 Å². The van der Waals surface area contributed by atoms with Gasteiger partial charge in [0.15, 0.2) is 0 Å². The van der Waals surface area contributed by atoms with Crippen molar-refractivity contribution in [3.8, 4) is 0 Å². The van der Waals surface area contributed by atoms with Gasteiger partial charge in [-0.15, -0.1) is 0 Å². The Labute approximate surface area is 162 Å². The monoisotopic (exact) mass is 372 g/mol. The molecule has 0 radical (unpaired) electrons. The first-order chi connectivity index (χ1) is 13.2. The summed E-state index contributed by atoms with van der Waals surface area (Å²) >= 11 is 0. The van der Waals surface area contributed by atoms with E-state index in [1.165, 1.54) is 44.5 Å². The lowest BCUT2D eigenvalue weighted by molar-refractivity contribution is 0.0782. The first kappa shape index (κ1) is 18.5. The van der Waals surface area contributed by atoms with E-state index in [1.54, 1.807) is 0 Å². The molecule has 1 spiro atoms. The number of hydrogen-bond acceptors (Lipinski definition) is 5. The number of hydrogen-bond donors (Lipinski definition) is 1. The van der Waals surface area contributed by atoms with Gasteiger partial charge in [0.2, 0.25) is 0 Å². The van der Waals surface area contributed by atoms with Gasteiger partial charge in [-0.2, -0.15) is 0 Å². The Kier molecular flexibility index (Phi) is 5.53. The van der Waals surface area contributed by atoms with Crippen LogP contribution in [0, 0.1) is 5.92 Å². The maximum Gasteiger partial charge on any atom is 0.409 e. The van der Waals surface area contributed by atoms with E-state index in [2.05, 4.69) is 27.3 Å². The molecule has 0 aliphatic carbocycles. The largest absolute Gasteiger partial charge is 0.450 e. The number of nitrogens with zero attached hydrogens (tertiary/aromatic N) is 3. The van der Waals surface area contributed by atoms with Crippen molar-refractivity contribution in [2.24, 2.45) is 5.92 Å². The summed E-state index contributed by atoms with van der Waals surface area (Å²) < 4.78 is 5.13. The standard InChI is InChI=1S/C21H32N4O2/c1-2-27-20(26)25-12-5-17(6-13-25)16-24-14-8-21(9-15-24)7-11-23-19-18(21)4-3-10-22-19/h3-4,10,17H,2,5-9,11-16H2,1H3,(H,22,23). The van der Waals surface area contributed by atoms with E-state index in [-0.39, 0.29) is 6.09 Å². The van der Waals surface area contributed by atoms with Crippen LogP contribution in [0.4, 0.5) is 10.6 Å². The van der Waals surface area contributed by atoms with Crippen LogP contribution in [0.15, 0.2) is 18.3 Å². The van der Waals surface area contributed by atoms with Crippen LogP contribution in [0.2, 0.25) is 0 Å². The molecule has 4 heterocycles. The summed E-state index contributed by atoms with van der Waals surface area (Å²) in [5.41, 5.74) is 1.75. The minimum absolute atomic E-state index is 0.144. The zero-order chi connectivity index (χ0) is 18.7. The molecule has 148 valence electrons. The SMILES string of the molecule is CCOC(=O)N1CCC(CN2CCC3(CCNc4ncccc43)CC2)CC1. The quantitative estimate of drug-likeness (QED) is 0.884. The van der Waals surface area contributed by atoms with Gasteiger partial charge in [-0.25, -0.2) is 9.78 Å². The Balaban J connectivity index is 1.28. The van der Waals surface area contributed by atoms with Crippen LogP contribution in [0.5, 0.6) is 0 Å². The first-order valence-corrected chi connectivity index (χ1v) is 10.5. The number of carbonyl (C=O) groups is 1.